The highest BCUT2D eigenvalue weighted by molar-refractivity contribution is 6.35. The molecule has 0 radical (unpaired) electrons. The molecule has 4 heteroatoms. The first-order valence-corrected chi connectivity index (χ1v) is 6.89. The lowest BCUT2D eigenvalue weighted by atomic mass is 9.54. The van der Waals surface area contributed by atoms with E-state index in [-0.39, 0.29) is 22.1 Å². The summed E-state index contributed by atoms with van der Waals surface area (Å²) in [5.41, 5.74) is 0.339. The van der Waals surface area contributed by atoms with E-state index in [1.54, 1.807) is 0 Å². The highest BCUT2D eigenvalue weighted by Crippen LogP contribution is 2.55. The standard InChI is InChI=1S/C14H15Cl2FO/c1-3-14(4-2)9(6-13(14)18)8-5-12(17)11(16)7-10(8)15/h5,7,9H,3-4,6H2,1-2H3. The minimum atomic E-state index is -0.475. The number of benzene rings is 1. The Morgan fingerprint density at radius 1 is 1.28 bits per heavy atom. The number of hydrogen-bond acceptors (Lipinski definition) is 1. The van der Waals surface area contributed by atoms with Crippen LogP contribution < -0.4 is 0 Å². The second-order valence-corrected chi connectivity index (χ2v) is 5.65. The van der Waals surface area contributed by atoms with Crippen LogP contribution in [0.4, 0.5) is 4.39 Å². The highest BCUT2D eigenvalue weighted by Gasteiger charge is 2.53. The van der Waals surface area contributed by atoms with Crippen molar-refractivity contribution in [3.05, 3.63) is 33.6 Å². The first kappa shape index (κ1) is 13.8. The van der Waals surface area contributed by atoms with Crippen molar-refractivity contribution in [3.63, 3.8) is 0 Å². The first-order chi connectivity index (χ1) is 8.46. The van der Waals surface area contributed by atoms with Crippen molar-refractivity contribution in [1.29, 1.82) is 0 Å². The molecule has 1 saturated carbocycles. The lowest BCUT2D eigenvalue weighted by molar-refractivity contribution is -0.141. The summed E-state index contributed by atoms with van der Waals surface area (Å²) in [6, 6.07) is 2.80. The Morgan fingerprint density at radius 2 is 1.89 bits per heavy atom. The van der Waals surface area contributed by atoms with E-state index in [4.69, 9.17) is 23.2 Å². The molecule has 1 unspecified atom stereocenters. The smallest absolute Gasteiger partial charge is 0.142 e. The minimum Gasteiger partial charge on any atom is -0.299 e. The van der Waals surface area contributed by atoms with Crippen LogP contribution in [0, 0.1) is 11.2 Å². The van der Waals surface area contributed by atoms with Gasteiger partial charge in [0.25, 0.3) is 0 Å². The minimum absolute atomic E-state index is 0.0132. The number of carbonyl (C=O) groups excluding carboxylic acids is 1. The summed E-state index contributed by atoms with van der Waals surface area (Å²) in [5.74, 6) is -0.209. The van der Waals surface area contributed by atoms with E-state index in [1.807, 2.05) is 13.8 Å². The molecule has 0 aromatic heterocycles. The molecule has 1 aliphatic carbocycles. The van der Waals surface area contributed by atoms with Crippen LogP contribution in [0.1, 0.15) is 44.6 Å². The fourth-order valence-electron chi connectivity index (χ4n) is 3.00. The van der Waals surface area contributed by atoms with Crippen molar-refractivity contribution in [2.24, 2.45) is 5.41 Å². The molecule has 1 aromatic rings. The van der Waals surface area contributed by atoms with E-state index in [1.165, 1.54) is 12.1 Å². The van der Waals surface area contributed by atoms with Crippen LogP contribution >= 0.6 is 23.2 Å². The van der Waals surface area contributed by atoms with E-state index < -0.39 is 5.82 Å². The zero-order valence-corrected chi connectivity index (χ0v) is 11.9. The Balaban J connectivity index is 2.45. The lowest BCUT2D eigenvalue weighted by Gasteiger charge is -2.47. The summed E-state index contributed by atoms with van der Waals surface area (Å²) in [6.07, 6.45) is 1.96. The van der Waals surface area contributed by atoms with Gasteiger partial charge in [-0.15, -0.1) is 0 Å². The Bertz CT molecular complexity index is 495. The Labute approximate surface area is 116 Å². The van der Waals surface area contributed by atoms with Crippen LogP contribution in [-0.4, -0.2) is 5.78 Å². The van der Waals surface area contributed by atoms with Crippen molar-refractivity contribution >= 4 is 29.0 Å². The van der Waals surface area contributed by atoms with Gasteiger partial charge in [0, 0.05) is 22.8 Å². The van der Waals surface area contributed by atoms with Crippen molar-refractivity contribution in [1.82, 2.24) is 0 Å². The SMILES string of the molecule is CCC1(CC)C(=O)CC1c1cc(F)c(Cl)cc1Cl. The van der Waals surface area contributed by atoms with E-state index in [0.717, 1.165) is 12.8 Å². The zero-order chi connectivity index (χ0) is 13.5. The Hall–Kier alpha value is -0.600. The summed E-state index contributed by atoms with van der Waals surface area (Å²) >= 11 is 11.8. The molecule has 0 saturated heterocycles. The molecule has 0 amide bonds. The third-order valence-electron chi connectivity index (χ3n) is 4.29. The van der Waals surface area contributed by atoms with Gasteiger partial charge < -0.3 is 0 Å². The van der Waals surface area contributed by atoms with Crippen LogP contribution in [0.3, 0.4) is 0 Å². The van der Waals surface area contributed by atoms with Gasteiger partial charge in [0.05, 0.1) is 5.02 Å². The maximum Gasteiger partial charge on any atom is 0.142 e. The average Bonchev–Trinajstić information content (AvgIpc) is 2.33. The number of Topliss-reactive ketones (excluding diaryl/α,β-unsaturated/α-hetero) is 1. The molecule has 1 aliphatic rings. The van der Waals surface area contributed by atoms with Gasteiger partial charge >= 0.3 is 0 Å². The van der Waals surface area contributed by atoms with Gasteiger partial charge in [-0.25, -0.2) is 4.39 Å². The van der Waals surface area contributed by atoms with E-state index in [0.29, 0.717) is 17.0 Å². The van der Waals surface area contributed by atoms with Gasteiger partial charge in [0.1, 0.15) is 11.6 Å². The van der Waals surface area contributed by atoms with Gasteiger partial charge in [0.15, 0.2) is 0 Å². The van der Waals surface area contributed by atoms with Crippen molar-refractivity contribution in [3.8, 4) is 0 Å². The van der Waals surface area contributed by atoms with Crippen molar-refractivity contribution < 1.29 is 9.18 Å². The van der Waals surface area contributed by atoms with E-state index in [9.17, 15) is 9.18 Å². The number of hydrogen-bond donors (Lipinski definition) is 0. The molecule has 0 aliphatic heterocycles. The molecule has 98 valence electrons. The third-order valence-corrected chi connectivity index (χ3v) is 4.91. The van der Waals surface area contributed by atoms with Gasteiger partial charge in [-0.3, -0.25) is 4.79 Å². The maximum absolute atomic E-state index is 13.6. The Kier molecular flexibility index (Phi) is 3.70. The molecule has 0 spiro atoms. The fourth-order valence-corrected chi connectivity index (χ4v) is 3.51. The van der Waals surface area contributed by atoms with Crippen LogP contribution in [0.5, 0.6) is 0 Å². The molecule has 2 rings (SSSR count). The quantitative estimate of drug-likeness (QED) is 0.716. The Morgan fingerprint density at radius 3 is 2.39 bits per heavy atom. The van der Waals surface area contributed by atoms with E-state index >= 15 is 0 Å². The fraction of sp³-hybridized carbons (Fsp3) is 0.500. The summed E-state index contributed by atoms with van der Waals surface area (Å²) in [6.45, 7) is 3.99. The summed E-state index contributed by atoms with van der Waals surface area (Å²) in [5, 5.41) is 0.471. The molecule has 1 fully saturated rings. The number of halogens is 3. The molecule has 0 bridgehead atoms. The predicted octanol–water partition coefficient (Wildman–Crippen LogP) is 5.00. The maximum atomic E-state index is 13.6. The lowest BCUT2D eigenvalue weighted by Crippen LogP contribution is -2.47. The topological polar surface area (TPSA) is 17.1 Å². The molecular formula is C14H15Cl2FO. The van der Waals surface area contributed by atoms with Crippen LogP contribution in [0.25, 0.3) is 0 Å². The highest BCUT2D eigenvalue weighted by atomic mass is 35.5. The average molecular weight is 289 g/mol. The molecule has 1 nitrogen and oxygen atoms in total. The van der Waals surface area contributed by atoms with Gasteiger partial charge in [0.2, 0.25) is 0 Å². The van der Waals surface area contributed by atoms with Gasteiger partial charge in [-0.1, -0.05) is 37.0 Å². The number of rotatable bonds is 3. The summed E-state index contributed by atoms with van der Waals surface area (Å²) in [4.78, 5) is 11.9. The second-order valence-electron chi connectivity index (χ2n) is 4.83. The van der Waals surface area contributed by atoms with Crippen LogP contribution in [-0.2, 0) is 4.79 Å². The molecule has 0 heterocycles. The third kappa shape index (κ3) is 1.86. The summed E-state index contributed by atoms with van der Waals surface area (Å²) < 4.78 is 13.6. The first-order valence-electron chi connectivity index (χ1n) is 6.14. The van der Waals surface area contributed by atoms with Gasteiger partial charge in [-0.05, 0) is 30.5 Å². The zero-order valence-electron chi connectivity index (χ0n) is 10.4. The van der Waals surface area contributed by atoms with E-state index in [2.05, 4.69) is 0 Å². The normalized spacial score (nSPS) is 21.8. The van der Waals surface area contributed by atoms with Gasteiger partial charge in [-0.2, -0.15) is 0 Å². The van der Waals surface area contributed by atoms with Crippen molar-refractivity contribution in [2.45, 2.75) is 39.0 Å². The molecule has 1 atom stereocenters. The molecule has 18 heavy (non-hydrogen) atoms. The van der Waals surface area contributed by atoms with Crippen molar-refractivity contribution in [2.75, 3.05) is 0 Å². The summed E-state index contributed by atoms with van der Waals surface area (Å²) in [7, 11) is 0. The van der Waals surface area contributed by atoms with Crippen LogP contribution in [0.2, 0.25) is 10.0 Å². The second kappa shape index (κ2) is 4.82. The number of ketones is 1. The monoisotopic (exact) mass is 288 g/mol. The van der Waals surface area contributed by atoms with Crippen LogP contribution in [0.15, 0.2) is 12.1 Å². The molecular weight excluding hydrogens is 274 g/mol. The molecule has 0 N–H and O–H groups in total. The number of carbonyl (C=O) groups is 1. The molecule has 1 aromatic carbocycles. The predicted molar refractivity (Wildman–Crippen MR) is 71.8 cm³/mol. The largest absolute Gasteiger partial charge is 0.299 e.